The number of rotatable bonds is 2. The van der Waals surface area contributed by atoms with Gasteiger partial charge in [0.2, 0.25) is 0 Å². The SMILES string of the molecule is O=C(Nc1nc2ccc(Cl)cc2s1)c1ccnc(Br)c1. The first-order chi connectivity index (χ1) is 9.61. The maximum absolute atomic E-state index is 12.1. The van der Waals surface area contributed by atoms with E-state index in [1.54, 1.807) is 24.4 Å². The molecule has 0 aliphatic rings. The van der Waals surface area contributed by atoms with Crippen molar-refractivity contribution in [1.82, 2.24) is 9.97 Å². The summed E-state index contributed by atoms with van der Waals surface area (Å²) in [4.78, 5) is 20.4. The number of benzene rings is 1. The minimum atomic E-state index is -0.224. The molecule has 3 rings (SSSR count). The first-order valence-electron chi connectivity index (χ1n) is 5.61. The molecular formula is C13H7BrClN3OS. The number of nitrogens with one attached hydrogen (secondary N) is 1. The van der Waals surface area contributed by atoms with Crippen molar-refractivity contribution in [2.24, 2.45) is 0 Å². The van der Waals surface area contributed by atoms with E-state index < -0.39 is 0 Å². The van der Waals surface area contributed by atoms with Gasteiger partial charge in [0.25, 0.3) is 5.91 Å². The van der Waals surface area contributed by atoms with Crippen molar-refractivity contribution < 1.29 is 4.79 Å². The fraction of sp³-hybridized carbons (Fsp3) is 0. The molecule has 0 atom stereocenters. The van der Waals surface area contributed by atoms with Crippen molar-refractivity contribution >= 4 is 60.1 Å². The highest BCUT2D eigenvalue weighted by Crippen LogP contribution is 2.28. The molecule has 0 aliphatic heterocycles. The Balaban J connectivity index is 1.87. The minimum absolute atomic E-state index is 0.224. The third-order valence-electron chi connectivity index (χ3n) is 2.56. The number of hydrogen-bond donors (Lipinski definition) is 1. The van der Waals surface area contributed by atoms with Crippen LogP contribution in [-0.2, 0) is 0 Å². The van der Waals surface area contributed by atoms with Crippen LogP contribution in [0.2, 0.25) is 5.02 Å². The standard InChI is InChI=1S/C13H7BrClN3OS/c14-11-5-7(3-4-16-11)12(19)18-13-17-9-2-1-8(15)6-10(9)20-13/h1-6H,(H,17,18,19). The Morgan fingerprint density at radius 3 is 2.95 bits per heavy atom. The highest BCUT2D eigenvalue weighted by molar-refractivity contribution is 9.10. The van der Waals surface area contributed by atoms with Crippen molar-refractivity contribution in [3.8, 4) is 0 Å². The van der Waals surface area contributed by atoms with Crippen molar-refractivity contribution in [1.29, 1.82) is 0 Å². The quantitative estimate of drug-likeness (QED) is 0.684. The summed E-state index contributed by atoms with van der Waals surface area (Å²) in [5, 5.41) is 3.96. The smallest absolute Gasteiger partial charge is 0.257 e. The molecule has 100 valence electrons. The van der Waals surface area contributed by atoms with E-state index in [-0.39, 0.29) is 5.91 Å². The maximum Gasteiger partial charge on any atom is 0.257 e. The molecular weight excluding hydrogens is 362 g/mol. The third-order valence-corrected chi connectivity index (χ3v) is 4.16. The molecule has 0 aliphatic carbocycles. The van der Waals surface area contributed by atoms with E-state index in [1.165, 1.54) is 11.3 Å². The molecule has 4 nitrogen and oxygen atoms in total. The van der Waals surface area contributed by atoms with Crippen LogP contribution in [0, 0.1) is 0 Å². The van der Waals surface area contributed by atoms with Crippen LogP contribution in [0.3, 0.4) is 0 Å². The third kappa shape index (κ3) is 2.82. The zero-order valence-corrected chi connectivity index (χ0v) is 13.1. The van der Waals surface area contributed by atoms with Crippen LogP contribution >= 0.6 is 38.9 Å². The molecule has 1 aromatic carbocycles. The van der Waals surface area contributed by atoms with Crippen LogP contribution in [-0.4, -0.2) is 15.9 Å². The number of aromatic nitrogens is 2. The minimum Gasteiger partial charge on any atom is -0.298 e. The van der Waals surface area contributed by atoms with Gasteiger partial charge in [0.1, 0.15) is 4.60 Å². The first-order valence-corrected chi connectivity index (χ1v) is 7.59. The van der Waals surface area contributed by atoms with Gasteiger partial charge in [0.05, 0.1) is 10.2 Å². The number of fused-ring (bicyclic) bond motifs is 1. The average Bonchev–Trinajstić information content (AvgIpc) is 2.80. The highest BCUT2D eigenvalue weighted by Gasteiger charge is 2.10. The van der Waals surface area contributed by atoms with E-state index in [0.29, 0.717) is 20.3 Å². The van der Waals surface area contributed by atoms with Crippen LogP contribution < -0.4 is 5.32 Å². The monoisotopic (exact) mass is 367 g/mol. The fourth-order valence-corrected chi connectivity index (χ4v) is 3.17. The molecule has 0 radical (unpaired) electrons. The summed E-state index contributed by atoms with van der Waals surface area (Å²) in [6.07, 6.45) is 1.57. The summed E-state index contributed by atoms with van der Waals surface area (Å²) in [6, 6.07) is 8.72. The molecule has 0 fully saturated rings. The topological polar surface area (TPSA) is 54.9 Å². The van der Waals surface area contributed by atoms with Gasteiger partial charge in [-0.25, -0.2) is 9.97 Å². The molecule has 0 spiro atoms. The zero-order chi connectivity index (χ0) is 14.1. The van der Waals surface area contributed by atoms with E-state index in [4.69, 9.17) is 11.6 Å². The van der Waals surface area contributed by atoms with Crippen LogP contribution in [0.4, 0.5) is 5.13 Å². The van der Waals surface area contributed by atoms with Crippen molar-refractivity contribution in [3.63, 3.8) is 0 Å². The fourth-order valence-electron chi connectivity index (χ4n) is 1.66. The normalized spacial score (nSPS) is 10.7. The van der Waals surface area contributed by atoms with Gasteiger partial charge in [-0.05, 0) is 46.3 Å². The molecule has 20 heavy (non-hydrogen) atoms. The molecule has 2 heterocycles. The second kappa shape index (κ2) is 5.47. The van der Waals surface area contributed by atoms with Gasteiger partial charge in [-0.1, -0.05) is 22.9 Å². The van der Waals surface area contributed by atoms with Gasteiger partial charge in [-0.3, -0.25) is 10.1 Å². The molecule has 1 amide bonds. The predicted molar refractivity (Wildman–Crippen MR) is 84.5 cm³/mol. The van der Waals surface area contributed by atoms with Gasteiger partial charge in [-0.15, -0.1) is 0 Å². The molecule has 7 heteroatoms. The Kier molecular flexibility index (Phi) is 3.69. The van der Waals surface area contributed by atoms with Crippen molar-refractivity contribution in [3.05, 3.63) is 51.7 Å². The van der Waals surface area contributed by atoms with E-state index in [9.17, 15) is 4.79 Å². The van der Waals surface area contributed by atoms with Crippen molar-refractivity contribution in [2.75, 3.05) is 5.32 Å². The summed E-state index contributed by atoms with van der Waals surface area (Å²) in [5.41, 5.74) is 1.33. The van der Waals surface area contributed by atoms with E-state index in [1.807, 2.05) is 12.1 Å². The lowest BCUT2D eigenvalue weighted by atomic mass is 10.2. The summed E-state index contributed by atoms with van der Waals surface area (Å²) in [7, 11) is 0. The Labute approximate surface area is 131 Å². The largest absolute Gasteiger partial charge is 0.298 e. The van der Waals surface area contributed by atoms with Crippen molar-refractivity contribution in [2.45, 2.75) is 0 Å². The highest BCUT2D eigenvalue weighted by atomic mass is 79.9. The molecule has 2 aromatic heterocycles. The molecule has 1 N–H and O–H groups in total. The van der Waals surface area contributed by atoms with Gasteiger partial charge in [0.15, 0.2) is 5.13 Å². The number of halogens is 2. The lowest BCUT2D eigenvalue weighted by Crippen LogP contribution is -2.11. The molecule has 0 unspecified atom stereocenters. The lowest BCUT2D eigenvalue weighted by molar-refractivity contribution is 0.102. The number of hydrogen-bond acceptors (Lipinski definition) is 4. The van der Waals surface area contributed by atoms with E-state index in [2.05, 4.69) is 31.2 Å². The molecule has 3 aromatic rings. The Morgan fingerprint density at radius 1 is 1.30 bits per heavy atom. The number of carbonyl (C=O) groups excluding carboxylic acids is 1. The lowest BCUT2D eigenvalue weighted by Gasteiger charge is -2.01. The molecule has 0 bridgehead atoms. The van der Waals surface area contributed by atoms with E-state index >= 15 is 0 Å². The van der Waals surface area contributed by atoms with Gasteiger partial charge in [0, 0.05) is 16.8 Å². The second-order valence-corrected chi connectivity index (χ2v) is 6.23. The zero-order valence-electron chi connectivity index (χ0n) is 9.93. The first kappa shape index (κ1) is 13.5. The second-order valence-electron chi connectivity index (χ2n) is 3.95. The summed E-state index contributed by atoms with van der Waals surface area (Å²) < 4.78 is 1.55. The average molecular weight is 369 g/mol. The number of anilines is 1. The number of carbonyl (C=O) groups is 1. The van der Waals surface area contributed by atoms with Crippen LogP contribution in [0.5, 0.6) is 0 Å². The van der Waals surface area contributed by atoms with Gasteiger partial charge in [-0.2, -0.15) is 0 Å². The van der Waals surface area contributed by atoms with E-state index in [0.717, 1.165) is 10.2 Å². The number of thiazole rings is 1. The predicted octanol–water partition coefficient (Wildman–Crippen LogP) is 4.36. The molecule has 0 saturated carbocycles. The Morgan fingerprint density at radius 2 is 2.15 bits per heavy atom. The summed E-state index contributed by atoms with van der Waals surface area (Å²) >= 11 is 10.5. The van der Waals surface area contributed by atoms with Crippen LogP contribution in [0.1, 0.15) is 10.4 Å². The van der Waals surface area contributed by atoms with Crippen LogP contribution in [0.25, 0.3) is 10.2 Å². The molecule has 0 saturated heterocycles. The summed E-state index contributed by atoms with van der Waals surface area (Å²) in [6.45, 7) is 0. The number of nitrogens with zero attached hydrogens (tertiary/aromatic N) is 2. The Bertz CT molecular complexity index is 805. The van der Waals surface area contributed by atoms with Crippen LogP contribution in [0.15, 0.2) is 41.1 Å². The number of amides is 1. The summed E-state index contributed by atoms with van der Waals surface area (Å²) in [5.74, 6) is -0.224. The maximum atomic E-state index is 12.1. The Hall–Kier alpha value is -1.50. The van der Waals surface area contributed by atoms with Gasteiger partial charge < -0.3 is 0 Å². The number of pyridine rings is 1. The van der Waals surface area contributed by atoms with Gasteiger partial charge >= 0.3 is 0 Å².